The first-order valence-corrected chi connectivity index (χ1v) is 6.08. The van der Waals surface area contributed by atoms with Gasteiger partial charge in [-0.3, -0.25) is 4.79 Å². The summed E-state index contributed by atoms with van der Waals surface area (Å²) in [6.07, 6.45) is 0. The van der Waals surface area contributed by atoms with Crippen LogP contribution in [0.1, 0.15) is 26.3 Å². The number of nitrogens with one attached hydrogen (secondary N) is 1. The Labute approximate surface area is 112 Å². The summed E-state index contributed by atoms with van der Waals surface area (Å²) in [7, 11) is 0. The molecule has 1 amide bonds. The molecule has 0 radical (unpaired) electrons. The summed E-state index contributed by atoms with van der Waals surface area (Å²) in [4.78, 5) is 22.6. The van der Waals surface area contributed by atoms with E-state index in [9.17, 15) is 14.0 Å². The number of rotatable bonds is 4. The van der Waals surface area contributed by atoms with Crippen LogP contribution < -0.4 is 5.32 Å². The maximum absolute atomic E-state index is 13.2. The number of benzene rings is 1. The third-order valence-electron chi connectivity index (χ3n) is 2.76. The van der Waals surface area contributed by atoms with Crippen LogP contribution in [0.4, 0.5) is 4.39 Å². The number of hydrogen-bond acceptors (Lipinski definition) is 3. The highest BCUT2D eigenvalue weighted by molar-refractivity contribution is 6.32. The van der Waals surface area contributed by atoms with Gasteiger partial charge in [0.25, 0.3) is 0 Å². The predicted molar refractivity (Wildman–Crippen MR) is 69.1 cm³/mol. The molecule has 0 aliphatic rings. The lowest BCUT2D eigenvalue weighted by atomic mass is 9.84. The van der Waals surface area contributed by atoms with Crippen LogP contribution in [-0.4, -0.2) is 25.0 Å². The molecule has 1 rings (SSSR count). The molecule has 104 valence electrons. The van der Waals surface area contributed by atoms with Crippen LogP contribution in [0.2, 0.25) is 0 Å². The Kier molecular flexibility index (Phi) is 5.03. The van der Waals surface area contributed by atoms with Gasteiger partial charge in [0.05, 0.1) is 6.61 Å². The fourth-order valence-corrected chi connectivity index (χ4v) is 1.58. The molecular formula is C14H18FNO3. The first-order valence-electron chi connectivity index (χ1n) is 6.08. The molecule has 0 aromatic heterocycles. The van der Waals surface area contributed by atoms with Crippen molar-refractivity contribution in [3.05, 3.63) is 35.6 Å². The summed E-state index contributed by atoms with van der Waals surface area (Å²) in [5.41, 5.74) is 0.265. The highest BCUT2D eigenvalue weighted by Crippen LogP contribution is 2.22. The normalized spacial score (nSPS) is 10.9. The molecule has 1 N–H and O–H groups in total. The van der Waals surface area contributed by atoms with Crippen LogP contribution in [0.3, 0.4) is 0 Å². The predicted octanol–water partition coefficient (Wildman–Crippen LogP) is 1.78. The minimum absolute atomic E-state index is 0.152. The van der Waals surface area contributed by atoms with Crippen LogP contribution in [0.5, 0.6) is 0 Å². The highest BCUT2D eigenvalue weighted by Gasteiger charge is 2.24. The average Bonchev–Trinajstić information content (AvgIpc) is 2.36. The molecule has 0 heterocycles. The summed E-state index contributed by atoms with van der Waals surface area (Å²) >= 11 is 0. The Morgan fingerprint density at radius 2 is 2.05 bits per heavy atom. The van der Waals surface area contributed by atoms with Crippen molar-refractivity contribution < 1.29 is 18.7 Å². The fraction of sp³-hybridized carbons (Fsp3) is 0.429. The highest BCUT2D eigenvalue weighted by atomic mass is 19.1. The quantitative estimate of drug-likeness (QED) is 0.668. The van der Waals surface area contributed by atoms with E-state index in [1.54, 1.807) is 19.1 Å². The summed E-state index contributed by atoms with van der Waals surface area (Å²) in [6.45, 7) is 5.70. The van der Waals surface area contributed by atoms with Gasteiger partial charge in [0.2, 0.25) is 0 Å². The number of carbonyl (C=O) groups is 2. The van der Waals surface area contributed by atoms with Crippen molar-refractivity contribution in [1.82, 2.24) is 5.32 Å². The number of carbonyl (C=O) groups excluding carboxylic acids is 2. The number of halogens is 1. The minimum atomic E-state index is -0.905. The van der Waals surface area contributed by atoms with Crippen molar-refractivity contribution in [2.24, 2.45) is 0 Å². The molecule has 0 bridgehead atoms. The van der Waals surface area contributed by atoms with Crippen molar-refractivity contribution in [2.45, 2.75) is 26.2 Å². The van der Waals surface area contributed by atoms with E-state index in [0.29, 0.717) is 0 Å². The third kappa shape index (κ3) is 4.35. The standard InChI is InChI=1S/C14H18FNO3/c1-4-19-13(18)12(17)16-9-14(2,3)10-6-5-7-11(15)8-10/h5-8H,4,9H2,1-3H3,(H,16,17). The van der Waals surface area contributed by atoms with Gasteiger partial charge in [0.1, 0.15) is 5.82 Å². The molecule has 0 saturated carbocycles. The zero-order valence-electron chi connectivity index (χ0n) is 11.3. The maximum Gasteiger partial charge on any atom is 0.396 e. The number of amides is 1. The van der Waals surface area contributed by atoms with Crippen LogP contribution in [0.25, 0.3) is 0 Å². The van der Waals surface area contributed by atoms with Gasteiger partial charge in [-0.2, -0.15) is 0 Å². The van der Waals surface area contributed by atoms with Crippen molar-refractivity contribution in [1.29, 1.82) is 0 Å². The molecule has 1 aromatic rings. The van der Waals surface area contributed by atoms with E-state index in [2.05, 4.69) is 10.1 Å². The van der Waals surface area contributed by atoms with E-state index >= 15 is 0 Å². The summed E-state index contributed by atoms with van der Waals surface area (Å²) in [5.74, 6) is -2.02. The van der Waals surface area contributed by atoms with Crippen molar-refractivity contribution in [3.63, 3.8) is 0 Å². The van der Waals surface area contributed by atoms with Gasteiger partial charge in [-0.15, -0.1) is 0 Å². The van der Waals surface area contributed by atoms with E-state index in [4.69, 9.17) is 0 Å². The van der Waals surface area contributed by atoms with Gasteiger partial charge in [0, 0.05) is 12.0 Å². The largest absolute Gasteiger partial charge is 0.459 e. The van der Waals surface area contributed by atoms with E-state index in [-0.39, 0.29) is 19.0 Å². The second-order valence-electron chi connectivity index (χ2n) is 4.80. The lowest BCUT2D eigenvalue weighted by molar-refractivity contribution is -0.154. The summed E-state index contributed by atoms with van der Waals surface area (Å²) in [6, 6.07) is 6.16. The summed E-state index contributed by atoms with van der Waals surface area (Å²) < 4.78 is 17.7. The topological polar surface area (TPSA) is 55.4 Å². The minimum Gasteiger partial charge on any atom is -0.459 e. The molecule has 0 aliphatic carbocycles. The number of ether oxygens (including phenoxy) is 1. The van der Waals surface area contributed by atoms with E-state index in [0.717, 1.165) is 5.56 Å². The molecule has 0 saturated heterocycles. The first-order chi connectivity index (χ1) is 8.86. The SMILES string of the molecule is CCOC(=O)C(=O)NCC(C)(C)c1cccc(F)c1. The molecule has 0 unspecified atom stereocenters. The van der Waals surface area contributed by atoms with Gasteiger partial charge in [-0.05, 0) is 24.6 Å². The Hall–Kier alpha value is -1.91. The van der Waals surface area contributed by atoms with E-state index < -0.39 is 17.3 Å². The van der Waals surface area contributed by atoms with Gasteiger partial charge in [0.15, 0.2) is 0 Å². The van der Waals surface area contributed by atoms with Crippen molar-refractivity contribution >= 4 is 11.9 Å². The molecule has 0 aliphatic heterocycles. The Balaban J connectivity index is 2.65. The average molecular weight is 267 g/mol. The van der Waals surface area contributed by atoms with Gasteiger partial charge in [-0.1, -0.05) is 26.0 Å². The van der Waals surface area contributed by atoms with E-state index in [1.165, 1.54) is 12.1 Å². The van der Waals surface area contributed by atoms with Crippen LogP contribution >= 0.6 is 0 Å². The lowest BCUT2D eigenvalue weighted by Gasteiger charge is -2.25. The fourth-order valence-electron chi connectivity index (χ4n) is 1.58. The van der Waals surface area contributed by atoms with Crippen LogP contribution in [0.15, 0.2) is 24.3 Å². The first kappa shape index (κ1) is 15.1. The monoisotopic (exact) mass is 267 g/mol. The molecule has 19 heavy (non-hydrogen) atoms. The van der Waals surface area contributed by atoms with Gasteiger partial charge < -0.3 is 10.1 Å². The molecule has 0 fully saturated rings. The van der Waals surface area contributed by atoms with Crippen LogP contribution in [-0.2, 0) is 19.7 Å². The Bertz CT molecular complexity index is 472. The van der Waals surface area contributed by atoms with Gasteiger partial charge >= 0.3 is 11.9 Å². The Morgan fingerprint density at radius 1 is 1.37 bits per heavy atom. The van der Waals surface area contributed by atoms with Crippen molar-refractivity contribution in [3.8, 4) is 0 Å². The lowest BCUT2D eigenvalue weighted by Crippen LogP contribution is -2.40. The second kappa shape index (κ2) is 6.31. The molecular weight excluding hydrogens is 249 g/mol. The van der Waals surface area contributed by atoms with Crippen LogP contribution in [0, 0.1) is 5.82 Å². The molecule has 0 spiro atoms. The zero-order valence-corrected chi connectivity index (χ0v) is 11.3. The molecule has 4 nitrogen and oxygen atoms in total. The second-order valence-corrected chi connectivity index (χ2v) is 4.80. The molecule has 0 atom stereocenters. The third-order valence-corrected chi connectivity index (χ3v) is 2.76. The number of hydrogen-bond donors (Lipinski definition) is 1. The van der Waals surface area contributed by atoms with Crippen molar-refractivity contribution in [2.75, 3.05) is 13.2 Å². The smallest absolute Gasteiger partial charge is 0.396 e. The van der Waals surface area contributed by atoms with Gasteiger partial charge in [-0.25, -0.2) is 9.18 Å². The van der Waals surface area contributed by atoms with E-state index in [1.807, 2.05) is 13.8 Å². The molecule has 5 heteroatoms. The Morgan fingerprint density at radius 3 is 2.63 bits per heavy atom. The zero-order chi connectivity index (χ0) is 14.5. The molecule has 1 aromatic carbocycles. The maximum atomic E-state index is 13.2. The number of esters is 1. The summed E-state index contributed by atoms with van der Waals surface area (Å²) in [5, 5.41) is 2.49.